The molecule has 10 nitrogen and oxygen atoms in total. The van der Waals surface area contributed by atoms with Gasteiger partial charge in [-0.2, -0.15) is 0 Å². The summed E-state index contributed by atoms with van der Waals surface area (Å²) in [5.41, 5.74) is 0.488. The molecule has 2 heterocycles. The maximum atomic E-state index is 12.2. The van der Waals surface area contributed by atoms with Gasteiger partial charge in [0.25, 0.3) is 5.91 Å². The van der Waals surface area contributed by atoms with Crippen molar-refractivity contribution in [3.63, 3.8) is 0 Å². The van der Waals surface area contributed by atoms with E-state index in [1.165, 1.54) is 19.3 Å². The average Bonchev–Trinajstić information content (AvgIpc) is 3.23. The van der Waals surface area contributed by atoms with Gasteiger partial charge >= 0.3 is 0 Å². The molecule has 0 aliphatic rings. The number of hydrogen-bond donors (Lipinski definition) is 3. The third-order valence-electron chi connectivity index (χ3n) is 4.40. The van der Waals surface area contributed by atoms with Crippen LogP contribution in [0.1, 0.15) is 43.4 Å². The predicted octanol–water partition coefficient (Wildman–Crippen LogP) is 3.49. The third kappa shape index (κ3) is 6.63. The topological polar surface area (TPSA) is 135 Å². The number of anilines is 2. The molecule has 3 N–H and O–H groups in total. The molecule has 0 bridgehead atoms. The van der Waals surface area contributed by atoms with Gasteiger partial charge in [0.15, 0.2) is 5.82 Å². The van der Waals surface area contributed by atoms with Crippen LogP contribution in [0.5, 0.6) is 11.5 Å². The van der Waals surface area contributed by atoms with Crippen molar-refractivity contribution in [1.29, 1.82) is 0 Å². The lowest BCUT2D eigenvalue weighted by Crippen LogP contribution is -2.21. The molecule has 0 aliphatic heterocycles. The first-order valence-electron chi connectivity index (χ1n) is 10.2. The van der Waals surface area contributed by atoms with Crippen LogP contribution in [0, 0.1) is 0 Å². The molecule has 3 aromatic rings. The molecular weight excluding hydrogens is 426 g/mol. The maximum absolute atomic E-state index is 12.2. The summed E-state index contributed by atoms with van der Waals surface area (Å²) in [5, 5.41) is 11.5. The highest BCUT2D eigenvalue weighted by Gasteiger charge is 2.20. The number of hydrogen-bond acceptors (Lipinski definition) is 7. The molecular formula is C23H25N5O5. The number of carbonyl (C=O) groups excluding carboxylic acids is 3. The fraction of sp³-hybridized carbons (Fsp3) is 0.261. The molecule has 2 aromatic heterocycles. The fourth-order valence-corrected chi connectivity index (χ4v) is 2.69. The molecule has 3 amide bonds. The van der Waals surface area contributed by atoms with E-state index >= 15 is 0 Å². The minimum atomic E-state index is -0.508. The van der Waals surface area contributed by atoms with E-state index in [2.05, 4.69) is 26.1 Å². The zero-order chi connectivity index (χ0) is 24.0. The lowest BCUT2D eigenvalue weighted by Gasteiger charge is -2.12. The Bertz CT molecular complexity index is 1150. The van der Waals surface area contributed by atoms with Gasteiger partial charge in [-0.15, -0.1) is 0 Å². The molecule has 0 radical (unpaired) electrons. The molecule has 0 unspecified atom stereocenters. The Labute approximate surface area is 190 Å². The van der Waals surface area contributed by atoms with E-state index in [4.69, 9.17) is 9.26 Å². The van der Waals surface area contributed by atoms with Gasteiger partial charge in [0.2, 0.25) is 11.8 Å². The van der Waals surface area contributed by atoms with E-state index in [9.17, 15) is 14.4 Å². The highest BCUT2D eigenvalue weighted by atomic mass is 16.5. The summed E-state index contributed by atoms with van der Waals surface area (Å²) in [6.45, 7) is 5.88. The van der Waals surface area contributed by atoms with Gasteiger partial charge in [-0.25, -0.2) is 0 Å². The Balaban J connectivity index is 1.52. The van der Waals surface area contributed by atoms with Gasteiger partial charge in [-0.3, -0.25) is 19.4 Å². The Kier molecular flexibility index (Phi) is 7.07. The molecule has 3 rings (SSSR count). The van der Waals surface area contributed by atoms with Gasteiger partial charge in [0.05, 0.1) is 0 Å². The Morgan fingerprint density at radius 2 is 1.67 bits per heavy atom. The normalized spacial score (nSPS) is 10.9. The zero-order valence-electron chi connectivity index (χ0n) is 18.8. The summed E-state index contributed by atoms with van der Waals surface area (Å²) in [5.74, 6) is 0.521. The number of pyridine rings is 1. The third-order valence-corrected chi connectivity index (χ3v) is 4.40. The molecule has 0 spiro atoms. The zero-order valence-corrected chi connectivity index (χ0v) is 18.8. The first-order valence-corrected chi connectivity index (χ1v) is 10.2. The van der Waals surface area contributed by atoms with Crippen molar-refractivity contribution >= 4 is 29.2 Å². The van der Waals surface area contributed by atoms with Crippen molar-refractivity contribution in [3.05, 3.63) is 60.1 Å². The van der Waals surface area contributed by atoms with Crippen LogP contribution in [0.2, 0.25) is 0 Å². The van der Waals surface area contributed by atoms with Crippen LogP contribution in [0.4, 0.5) is 11.5 Å². The van der Waals surface area contributed by atoms with Gasteiger partial charge in [-0.1, -0.05) is 25.9 Å². The number of amides is 3. The number of ether oxygens (including phenoxy) is 1. The fourth-order valence-electron chi connectivity index (χ4n) is 2.69. The predicted molar refractivity (Wildman–Crippen MR) is 121 cm³/mol. The van der Waals surface area contributed by atoms with E-state index in [0.717, 1.165) is 0 Å². The van der Waals surface area contributed by atoms with Crippen molar-refractivity contribution in [3.8, 4) is 11.5 Å². The number of nitrogens with zero attached hydrogens (tertiary/aromatic N) is 2. The second-order valence-electron chi connectivity index (χ2n) is 8.18. The van der Waals surface area contributed by atoms with Crippen LogP contribution in [0.3, 0.4) is 0 Å². The molecule has 172 valence electrons. The molecule has 0 saturated carbocycles. The Hall–Kier alpha value is -4.21. The number of rotatable bonds is 7. The summed E-state index contributed by atoms with van der Waals surface area (Å²) < 4.78 is 10.9. The van der Waals surface area contributed by atoms with Crippen molar-refractivity contribution < 1.29 is 23.6 Å². The molecule has 0 saturated heterocycles. The molecule has 0 aliphatic carbocycles. The minimum absolute atomic E-state index is 0.234. The Morgan fingerprint density at radius 1 is 0.970 bits per heavy atom. The van der Waals surface area contributed by atoms with Crippen LogP contribution in [0.15, 0.2) is 53.2 Å². The van der Waals surface area contributed by atoms with Crippen LogP contribution in [-0.2, 0) is 15.0 Å². The summed E-state index contributed by atoms with van der Waals surface area (Å²) in [7, 11) is 1.52. The quantitative estimate of drug-likeness (QED) is 0.468. The maximum Gasteiger partial charge on any atom is 0.269 e. The first kappa shape index (κ1) is 23.5. The van der Waals surface area contributed by atoms with Crippen LogP contribution >= 0.6 is 0 Å². The van der Waals surface area contributed by atoms with Crippen molar-refractivity contribution in [2.24, 2.45) is 0 Å². The van der Waals surface area contributed by atoms with E-state index in [1.54, 1.807) is 36.4 Å². The van der Waals surface area contributed by atoms with Gasteiger partial charge in [-0.05, 0) is 30.3 Å². The van der Waals surface area contributed by atoms with E-state index in [0.29, 0.717) is 22.9 Å². The second kappa shape index (κ2) is 9.94. The summed E-state index contributed by atoms with van der Waals surface area (Å²) in [6, 6.07) is 11.4. The lowest BCUT2D eigenvalue weighted by atomic mass is 9.93. The molecule has 0 atom stereocenters. The molecule has 0 fully saturated rings. The average molecular weight is 451 g/mol. The van der Waals surface area contributed by atoms with Crippen molar-refractivity contribution in [2.75, 3.05) is 17.7 Å². The van der Waals surface area contributed by atoms with Crippen molar-refractivity contribution in [1.82, 2.24) is 15.5 Å². The Morgan fingerprint density at radius 3 is 2.30 bits per heavy atom. The largest absolute Gasteiger partial charge is 0.457 e. The smallest absolute Gasteiger partial charge is 0.269 e. The van der Waals surface area contributed by atoms with E-state index in [1.807, 2.05) is 20.8 Å². The highest BCUT2D eigenvalue weighted by molar-refractivity contribution is 6.07. The first-order chi connectivity index (χ1) is 15.6. The standard InChI is InChI=1S/C23H25N5O5/c1-23(2,3)18-12-19(28-33-18)27-21(30)13-20(29)26-14-5-7-15(8-6-14)32-16-9-10-25-17(11-16)22(31)24-4/h5-12H,13H2,1-4H3,(H,24,31)(H,26,29)(H,27,28,30). The minimum Gasteiger partial charge on any atom is -0.457 e. The van der Waals surface area contributed by atoms with Gasteiger partial charge in [0.1, 0.15) is 29.4 Å². The van der Waals surface area contributed by atoms with E-state index < -0.39 is 11.8 Å². The lowest BCUT2D eigenvalue weighted by molar-refractivity contribution is -0.123. The molecule has 1 aromatic carbocycles. The van der Waals surface area contributed by atoms with Gasteiger partial charge in [0, 0.05) is 36.5 Å². The highest BCUT2D eigenvalue weighted by Crippen LogP contribution is 2.25. The number of nitrogens with one attached hydrogen (secondary N) is 3. The van der Waals surface area contributed by atoms with Crippen LogP contribution in [0.25, 0.3) is 0 Å². The van der Waals surface area contributed by atoms with Crippen LogP contribution < -0.4 is 20.7 Å². The van der Waals surface area contributed by atoms with Gasteiger partial charge < -0.3 is 25.2 Å². The summed E-state index contributed by atoms with van der Waals surface area (Å²) in [6.07, 6.45) is 1.10. The number of carbonyl (C=O) groups is 3. The molecule has 10 heteroatoms. The SMILES string of the molecule is CNC(=O)c1cc(Oc2ccc(NC(=O)CC(=O)Nc3cc(C(C)(C)C)on3)cc2)ccn1. The molecule has 33 heavy (non-hydrogen) atoms. The second-order valence-corrected chi connectivity index (χ2v) is 8.18. The number of aromatic nitrogens is 2. The summed E-state index contributed by atoms with van der Waals surface area (Å²) >= 11 is 0. The monoisotopic (exact) mass is 451 g/mol. The number of benzene rings is 1. The van der Waals surface area contributed by atoms with Crippen LogP contribution in [-0.4, -0.2) is 34.9 Å². The van der Waals surface area contributed by atoms with E-state index in [-0.39, 0.29) is 29.3 Å². The van der Waals surface area contributed by atoms with Crippen molar-refractivity contribution in [2.45, 2.75) is 32.6 Å². The summed E-state index contributed by atoms with van der Waals surface area (Å²) in [4.78, 5) is 40.0.